The van der Waals surface area contributed by atoms with Crippen LogP contribution >= 0.6 is 0 Å². The Kier molecular flexibility index (Phi) is 4.92. The van der Waals surface area contributed by atoms with Crippen LogP contribution in [0, 0.1) is 17.2 Å². The first kappa shape index (κ1) is 14.0. The molecule has 1 aromatic carbocycles. The quantitative estimate of drug-likeness (QED) is 0.837. The minimum atomic E-state index is -0.513. The Labute approximate surface area is 113 Å². The normalized spacial score (nSPS) is 21.2. The van der Waals surface area contributed by atoms with Crippen molar-refractivity contribution < 1.29 is 10.2 Å². The minimum Gasteiger partial charge on any atom is -0.396 e. The van der Waals surface area contributed by atoms with E-state index >= 15 is 0 Å². The lowest BCUT2D eigenvalue weighted by Crippen LogP contribution is -2.26. The zero-order chi connectivity index (χ0) is 13.7. The largest absolute Gasteiger partial charge is 0.396 e. The molecular formula is C15H20N2O2. The van der Waals surface area contributed by atoms with E-state index in [0.717, 1.165) is 31.5 Å². The molecule has 1 fully saturated rings. The lowest BCUT2D eigenvalue weighted by Gasteiger charge is -2.20. The van der Waals surface area contributed by atoms with Gasteiger partial charge in [-0.15, -0.1) is 0 Å². The van der Waals surface area contributed by atoms with Gasteiger partial charge in [0, 0.05) is 19.7 Å². The Bertz CT molecular complexity index is 438. The molecule has 1 saturated heterocycles. The van der Waals surface area contributed by atoms with Crippen LogP contribution in [0.1, 0.15) is 30.1 Å². The third-order valence-electron chi connectivity index (χ3n) is 3.76. The molecule has 19 heavy (non-hydrogen) atoms. The van der Waals surface area contributed by atoms with Gasteiger partial charge < -0.3 is 15.1 Å². The Balaban J connectivity index is 1.87. The molecule has 1 aromatic rings. The third kappa shape index (κ3) is 3.77. The maximum absolute atomic E-state index is 10.2. The maximum atomic E-state index is 10.2. The summed E-state index contributed by atoms with van der Waals surface area (Å²) < 4.78 is 0. The molecule has 4 heteroatoms. The summed E-state index contributed by atoms with van der Waals surface area (Å²) in [7, 11) is 0. The molecule has 102 valence electrons. The molecule has 2 N–H and O–H groups in total. The van der Waals surface area contributed by atoms with Crippen molar-refractivity contribution in [2.45, 2.75) is 18.9 Å². The Morgan fingerprint density at radius 2 is 2.11 bits per heavy atom. The smallest absolute Gasteiger partial charge is 0.0991 e. The van der Waals surface area contributed by atoms with Gasteiger partial charge in [0.25, 0.3) is 0 Å². The molecule has 0 aliphatic carbocycles. The Hall–Kier alpha value is -1.41. The van der Waals surface area contributed by atoms with Gasteiger partial charge in [-0.05, 0) is 43.0 Å². The van der Waals surface area contributed by atoms with Crippen LogP contribution in [0.25, 0.3) is 0 Å². The zero-order valence-electron chi connectivity index (χ0n) is 11.0. The van der Waals surface area contributed by atoms with Gasteiger partial charge in [-0.2, -0.15) is 5.26 Å². The van der Waals surface area contributed by atoms with E-state index in [0.29, 0.717) is 18.0 Å². The number of nitrogens with zero attached hydrogens (tertiary/aromatic N) is 2. The van der Waals surface area contributed by atoms with Gasteiger partial charge in [-0.3, -0.25) is 0 Å². The number of aliphatic hydroxyl groups excluding tert-OH is 2. The molecule has 0 bridgehead atoms. The molecule has 0 amide bonds. The summed E-state index contributed by atoms with van der Waals surface area (Å²) in [5, 5.41) is 27.9. The van der Waals surface area contributed by atoms with E-state index in [1.54, 1.807) is 12.1 Å². The predicted molar refractivity (Wildman–Crippen MR) is 72.4 cm³/mol. The van der Waals surface area contributed by atoms with Crippen LogP contribution in [-0.4, -0.2) is 41.4 Å². The number of hydrogen-bond acceptors (Lipinski definition) is 4. The minimum absolute atomic E-state index is 0.247. The highest BCUT2D eigenvalue weighted by molar-refractivity contribution is 5.32. The van der Waals surface area contributed by atoms with Crippen molar-refractivity contribution in [1.29, 1.82) is 5.26 Å². The third-order valence-corrected chi connectivity index (χ3v) is 3.76. The monoisotopic (exact) mass is 260 g/mol. The highest BCUT2D eigenvalue weighted by Gasteiger charge is 2.23. The van der Waals surface area contributed by atoms with E-state index in [-0.39, 0.29) is 6.61 Å². The number of aliphatic hydroxyl groups is 2. The van der Waals surface area contributed by atoms with Crippen molar-refractivity contribution in [3.63, 3.8) is 0 Å². The van der Waals surface area contributed by atoms with Crippen molar-refractivity contribution in [3.8, 4) is 6.07 Å². The molecule has 2 unspecified atom stereocenters. The summed E-state index contributed by atoms with van der Waals surface area (Å²) >= 11 is 0. The number of β-amino-alcohol motifs (C(OH)–C–C–N with tert-alkyl or cyclic N) is 1. The summed E-state index contributed by atoms with van der Waals surface area (Å²) in [5.74, 6) is 0.554. The number of benzene rings is 1. The van der Waals surface area contributed by atoms with Crippen LogP contribution in [0.4, 0.5) is 0 Å². The van der Waals surface area contributed by atoms with E-state index in [1.807, 2.05) is 12.1 Å². The lowest BCUT2D eigenvalue weighted by molar-refractivity contribution is 0.123. The average molecular weight is 260 g/mol. The van der Waals surface area contributed by atoms with Gasteiger partial charge in [-0.25, -0.2) is 0 Å². The van der Waals surface area contributed by atoms with Gasteiger partial charge >= 0.3 is 0 Å². The fourth-order valence-corrected chi connectivity index (χ4v) is 2.63. The molecule has 1 heterocycles. The molecule has 0 saturated carbocycles. The summed E-state index contributed by atoms with van der Waals surface area (Å²) in [6.07, 6.45) is 1.44. The molecule has 0 aromatic heterocycles. The first-order chi connectivity index (χ1) is 9.22. The van der Waals surface area contributed by atoms with Crippen LogP contribution < -0.4 is 0 Å². The van der Waals surface area contributed by atoms with Crippen LogP contribution in [-0.2, 0) is 0 Å². The van der Waals surface area contributed by atoms with E-state index in [2.05, 4.69) is 11.0 Å². The summed E-state index contributed by atoms with van der Waals surface area (Å²) in [4.78, 5) is 2.24. The van der Waals surface area contributed by atoms with Crippen LogP contribution in [0.3, 0.4) is 0 Å². The van der Waals surface area contributed by atoms with Gasteiger partial charge in [0.05, 0.1) is 17.7 Å². The number of rotatable bonds is 5. The van der Waals surface area contributed by atoms with Crippen LogP contribution in [0.5, 0.6) is 0 Å². The first-order valence-corrected chi connectivity index (χ1v) is 6.74. The second kappa shape index (κ2) is 6.67. The predicted octanol–water partition coefficient (Wildman–Crippen LogP) is 1.30. The van der Waals surface area contributed by atoms with E-state index in [1.165, 1.54) is 0 Å². The summed E-state index contributed by atoms with van der Waals surface area (Å²) in [6, 6.07) is 9.16. The van der Waals surface area contributed by atoms with Crippen LogP contribution in [0.15, 0.2) is 24.3 Å². The maximum Gasteiger partial charge on any atom is 0.0991 e. The zero-order valence-corrected chi connectivity index (χ0v) is 11.0. The first-order valence-electron chi connectivity index (χ1n) is 6.74. The van der Waals surface area contributed by atoms with Crippen molar-refractivity contribution in [2.75, 3.05) is 26.2 Å². The van der Waals surface area contributed by atoms with E-state index < -0.39 is 6.10 Å². The topological polar surface area (TPSA) is 67.5 Å². The van der Waals surface area contributed by atoms with E-state index in [4.69, 9.17) is 10.4 Å². The second-order valence-electron chi connectivity index (χ2n) is 5.18. The van der Waals surface area contributed by atoms with Crippen molar-refractivity contribution in [3.05, 3.63) is 35.4 Å². The Morgan fingerprint density at radius 3 is 2.74 bits per heavy atom. The molecule has 1 aliphatic heterocycles. The molecule has 4 nitrogen and oxygen atoms in total. The molecule has 0 spiro atoms. The van der Waals surface area contributed by atoms with Crippen LogP contribution in [0.2, 0.25) is 0 Å². The van der Waals surface area contributed by atoms with Gasteiger partial charge in [0.1, 0.15) is 0 Å². The fourth-order valence-electron chi connectivity index (χ4n) is 2.63. The summed E-state index contributed by atoms with van der Waals surface area (Å²) in [6.45, 7) is 2.80. The fraction of sp³-hybridized carbons (Fsp3) is 0.533. The lowest BCUT2D eigenvalue weighted by atomic mass is 10.1. The van der Waals surface area contributed by atoms with Gasteiger partial charge in [0.2, 0.25) is 0 Å². The van der Waals surface area contributed by atoms with E-state index in [9.17, 15) is 5.11 Å². The standard InChI is InChI=1S/C15H20N2O2/c16-9-12-1-3-14(4-2-12)15(19)11-17-7-5-13(10-17)6-8-18/h1-4,13,15,18-19H,5-8,10-11H2. The highest BCUT2D eigenvalue weighted by Crippen LogP contribution is 2.22. The molecule has 2 rings (SSSR count). The van der Waals surface area contributed by atoms with Crippen molar-refractivity contribution in [1.82, 2.24) is 4.90 Å². The molecule has 2 atom stereocenters. The molecule has 0 radical (unpaired) electrons. The number of nitriles is 1. The SMILES string of the molecule is N#Cc1ccc(C(O)CN2CCC(CCO)C2)cc1. The van der Waals surface area contributed by atoms with Crippen molar-refractivity contribution in [2.24, 2.45) is 5.92 Å². The molecule has 1 aliphatic rings. The summed E-state index contributed by atoms with van der Waals surface area (Å²) in [5.41, 5.74) is 1.46. The van der Waals surface area contributed by atoms with Gasteiger partial charge in [0.15, 0.2) is 0 Å². The average Bonchev–Trinajstić information content (AvgIpc) is 2.86. The van der Waals surface area contributed by atoms with Crippen molar-refractivity contribution >= 4 is 0 Å². The van der Waals surface area contributed by atoms with Gasteiger partial charge in [-0.1, -0.05) is 12.1 Å². The molecular weight excluding hydrogens is 240 g/mol. The second-order valence-corrected chi connectivity index (χ2v) is 5.18. The number of hydrogen-bond donors (Lipinski definition) is 2. The number of likely N-dealkylation sites (tertiary alicyclic amines) is 1. The Morgan fingerprint density at radius 1 is 1.37 bits per heavy atom. The highest BCUT2D eigenvalue weighted by atomic mass is 16.3.